The molecule has 0 aliphatic heterocycles. The van der Waals surface area contributed by atoms with Gasteiger partial charge < -0.3 is 9.32 Å². The largest absolute Gasteiger partial charge is 0.456 e. The SMILES string of the molecule is c1ccc(C2(c3ccccc3)c3ccccc3-c3c(N(c4ccc5c(c4)oc4ccccc45)c4ccccc4-c4cccc(-c5cccc6ccccc56)c4)cccc32)cc1. The predicted octanol–water partition coefficient (Wildman–Crippen LogP) is 15.9. The number of hydrogen-bond acceptors (Lipinski definition) is 2. The van der Waals surface area contributed by atoms with Crippen molar-refractivity contribution in [3.05, 3.63) is 259 Å². The van der Waals surface area contributed by atoms with Crippen LogP contribution in [0.25, 0.3) is 66.1 Å². The van der Waals surface area contributed by atoms with Crippen molar-refractivity contribution in [3.63, 3.8) is 0 Å². The highest BCUT2D eigenvalue weighted by molar-refractivity contribution is 6.07. The summed E-state index contributed by atoms with van der Waals surface area (Å²) in [6, 6.07) is 86.1. The first kappa shape index (κ1) is 35.0. The fourth-order valence-electron chi connectivity index (χ4n) is 10.2. The number of nitrogens with zero attached hydrogens (tertiary/aromatic N) is 1. The average molecular weight is 778 g/mol. The van der Waals surface area contributed by atoms with E-state index >= 15 is 0 Å². The summed E-state index contributed by atoms with van der Waals surface area (Å²) < 4.78 is 6.60. The molecule has 1 heterocycles. The lowest BCUT2D eigenvalue weighted by molar-refractivity contribution is 0.669. The van der Waals surface area contributed by atoms with E-state index in [2.05, 4.69) is 235 Å². The molecule has 1 aromatic heterocycles. The zero-order valence-corrected chi connectivity index (χ0v) is 33.4. The number of hydrogen-bond donors (Lipinski definition) is 0. The smallest absolute Gasteiger partial charge is 0.137 e. The van der Waals surface area contributed by atoms with Crippen molar-refractivity contribution in [1.82, 2.24) is 0 Å². The highest BCUT2D eigenvalue weighted by atomic mass is 16.3. The van der Waals surface area contributed by atoms with Crippen molar-refractivity contribution in [2.45, 2.75) is 5.41 Å². The molecule has 0 spiro atoms. The Morgan fingerprint density at radius 2 is 0.902 bits per heavy atom. The Morgan fingerprint density at radius 1 is 0.344 bits per heavy atom. The van der Waals surface area contributed by atoms with Crippen LogP contribution in [0, 0.1) is 0 Å². The van der Waals surface area contributed by atoms with Crippen molar-refractivity contribution in [3.8, 4) is 33.4 Å². The maximum Gasteiger partial charge on any atom is 0.137 e. The maximum atomic E-state index is 6.60. The van der Waals surface area contributed by atoms with E-state index in [0.29, 0.717) is 0 Å². The van der Waals surface area contributed by atoms with E-state index in [-0.39, 0.29) is 0 Å². The molecule has 0 amide bonds. The lowest BCUT2D eigenvalue weighted by atomic mass is 9.68. The van der Waals surface area contributed by atoms with E-state index in [1.54, 1.807) is 0 Å². The van der Waals surface area contributed by atoms with Gasteiger partial charge in [-0.25, -0.2) is 0 Å². The van der Waals surface area contributed by atoms with Gasteiger partial charge in [0.15, 0.2) is 0 Å². The normalized spacial score (nSPS) is 12.7. The molecule has 61 heavy (non-hydrogen) atoms. The summed E-state index contributed by atoms with van der Waals surface area (Å²) in [5.74, 6) is 0. The Morgan fingerprint density at radius 3 is 1.72 bits per heavy atom. The summed E-state index contributed by atoms with van der Waals surface area (Å²) in [5.41, 5.74) is 16.6. The van der Waals surface area contributed by atoms with E-state index in [0.717, 1.165) is 50.1 Å². The molecule has 0 atom stereocenters. The molecular formula is C59H39NO. The second-order valence-corrected chi connectivity index (χ2v) is 16.0. The first-order chi connectivity index (χ1) is 30.3. The van der Waals surface area contributed by atoms with Gasteiger partial charge in [-0.2, -0.15) is 0 Å². The zero-order valence-electron chi connectivity index (χ0n) is 33.4. The molecular weight excluding hydrogens is 739 g/mol. The Bertz CT molecular complexity index is 3390. The minimum atomic E-state index is -0.537. The Balaban J connectivity index is 1.14. The first-order valence-corrected chi connectivity index (χ1v) is 21.0. The third-order valence-corrected chi connectivity index (χ3v) is 12.7. The van der Waals surface area contributed by atoms with Gasteiger partial charge in [0.2, 0.25) is 0 Å². The molecule has 286 valence electrons. The number of benzene rings is 10. The van der Waals surface area contributed by atoms with Crippen LogP contribution in [-0.2, 0) is 5.41 Å². The van der Waals surface area contributed by atoms with Crippen LogP contribution in [0.3, 0.4) is 0 Å². The molecule has 10 aromatic carbocycles. The first-order valence-electron chi connectivity index (χ1n) is 21.0. The van der Waals surface area contributed by atoms with Crippen molar-refractivity contribution in [1.29, 1.82) is 0 Å². The second-order valence-electron chi connectivity index (χ2n) is 16.0. The van der Waals surface area contributed by atoms with Gasteiger partial charge in [-0.1, -0.05) is 194 Å². The molecule has 0 unspecified atom stereocenters. The predicted molar refractivity (Wildman–Crippen MR) is 254 cm³/mol. The summed E-state index contributed by atoms with van der Waals surface area (Å²) in [7, 11) is 0. The van der Waals surface area contributed by atoms with Gasteiger partial charge in [0.25, 0.3) is 0 Å². The van der Waals surface area contributed by atoms with Gasteiger partial charge in [0.1, 0.15) is 11.2 Å². The lowest BCUT2D eigenvalue weighted by Gasteiger charge is -2.34. The molecule has 11 aromatic rings. The third-order valence-electron chi connectivity index (χ3n) is 12.7. The van der Waals surface area contributed by atoms with Crippen LogP contribution < -0.4 is 4.90 Å². The fourth-order valence-corrected chi connectivity index (χ4v) is 10.2. The molecule has 12 rings (SSSR count). The van der Waals surface area contributed by atoms with Crippen LogP contribution >= 0.6 is 0 Å². The molecule has 0 radical (unpaired) electrons. The Labute approximate surface area is 355 Å². The molecule has 1 aliphatic rings. The van der Waals surface area contributed by atoms with Crippen LogP contribution in [0.5, 0.6) is 0 Å². The van der Waals surface area contributed by atoms with Gasteiger partial charge in [0, 0.05) is 33.7 Å². The molecule has 0 saturated carbocycles. The van der Waals surface area contributed by atoms with Crippen LogP contribution in [0.15, 0.2) is 241 Å². The molecule has 1 aliphatic carbocycles. The molecule has 0 fully saturated rings. The van der Waals surface area contributed by atoms with Gasteiger partial charge in [-0.05, 0) is 91.7 Å². The number of anilines is 3. The average Bonchev–Trinajstić information content (AvgIpc) is 3.86. The van der Waals surface area contributed by atoms with Crippen LogP contribution in [0.2, 0.25) is 0 Å². The standard InChI is InChI=1S/C59H39NO/c1-3-22-43(23-4-1)59(44-24-5-2-6-25-44)52-31-12-9-29-51(52)58-53(59)32-17-34-55(58)60(45-36-37-50-49-28-11-14-35-56(49)61-57(50)39-45)54-33-13-10-27-48(54)42-21-15-20-41(38-42)47-30-16-19-40-18-7-8-26-46(40)47/h1-39H. The summed E-state index contributed by atoms with van der Waals surface area (Å²) in [6.45, 7) is 0. The van der Waals surface area contributed by atoms with Gasteiger partial charge in [0.05, 0.1) is 16.8 Å². The van der Waals surface area contributed by atoms with Crippen LogP contribution in [0.4, 0.5) is 17.1 Å². The number of fused-ring (bicyclic) bond motifs is 7. The second kappa shape index (κ2) is 14.1. The highest BCUT2D eigenvalue weighted by Crippen LogP contribution is 2.60. The molecule has 0 bridgehead atoms. The monoisotopic (exact) mass is 777 g/mol. The summed E-state index contributed by atoms with van der Waals surface area (Å²) in [6.07, 6.45) is 0. The van der Waals surface area contributed by atoms with Crippen molar-refractivity contribution in [2.75, 3.05) is 4.90 Å². The van der Waals surface area contributed by atoms with E-state index < -0.39 is 5.41 Å². The van der Waals surface area contributed by atoms with E-state index in [1.807, 2.05) is 6.07 Å². The van der Waals surface area contributed by atoms with Crippen molar-refractivity contribution >= 4 is 49.8 Å². The molecule has 0 saturated heterocycles. The summed E-state index contributed by atoms with van der Waals surface area (Å²) in [4.78, 5) is 2.47. The third kappa shape index (κ3) is 5.43. The van der Waals surface area contributed by atoms with Gasteiger partial charge >= 0.3 is 0 Å². The van der Waals surface area contributed by atoms with E-state index in [1.165, 1.54) is 55.3 Å². The number of para-hydroxylation sites is 2. The molecule has 2 heteroatoms. The number of rotatable bonds is 7. The van der Waals surface area contributed by atoms with E-state index in [4.69, 9.17) is 4.42 Å². The topological polar surface area (TPSA) is 16.4 Å². The van der Waals surface area contributed by atoms with Crippen LogP contribution in [-0.4, -0.2) is 0 Å². The lowest BCUT2D eigenvalue weighted by Crippen LogP contribution is -2.28. The molecule has 0 N–H and O–H groups in total. The Kier molecular flexibility index (Phi) is 8.11. The van der Waals surface area contributed by atoms with Crippen LogP contribution in [0.1, 0.15) is 22.3 Å². The maximum absolute atomic E-state index is 6.60. The van der Waals surface area contributed by atoms with E-state index in [9.17, 15) is 0 Å². The van der Waals surface area contributed by atoms with Crippen molar-refractivity contribution < 1.29 is 4.42 Å². The minimum absolute atomic E-state index is 0.537. The zero-order chi connectivity index (χ0) is 40.3. The van der Waals surface area contributed by atoms with Crippen molar-refractivity contribution in [2.24, 2.45) is 0 Å². The number of furan rings is 1. The van der Waals surface area contributed by atoms with Gasteiger partial charge in [-0.3, -0.25) is 0 Å². The molecule has 2 nitrogen and oxygen atoms in total. The Hall–Kier alpha value is -7.94. The minimum Gasteiger partial charge on any atom is -0.456 e. The quantitative estimate of drug-likeness (QED) is 0.160. The van der Waals surface area contributed by atoms with Gasteiger partial charge in [-0.15, -0.1) is 0 Å². The summed E-state index contributed by atoms with van der Waals surface area (Å²) in [5, 5.41) is 4.70. The fraction of sp³-hybridized carbons (Fsp3) is 0.0169. The summed E-state index contributed by atoms with van der Waals surface area (Å²) >= 11 is 0. The highest BCUT2D eigenvalue weighted by Gasteiger charge is 2.47.